The molecule has 0 spiro atoms. The van der Waals surface area contributed by atoms with Crippen molar-refractivity contribution in [3.8, 4) is 11.4 Å². The number of nitrogens with one attached hydrogen (secondary N) is 2. The SMILES string of the molecule is CC.CC.[B].[CH2-]c1cccc(-c2nccc(NC)n2)c1.[CH3-].[Y].c1cn[nH]c1. The van der Waals surface area contributed by atoms with Crippen LogP contribution in [0.5, 0.6) is 0 Å². The maximum Gasteiger partial charge on any atom is 0.149 e. The molecule has 0 amide bonds. The molecule has 3 aromatic rings. The average Bonchev–Trinajstić information content (AvgIpc) is 3.25. The summed E-state index contributed by atoms with van der Waals surface area (Å²) in [6.45, 7) is 11.9. The third kappa shape index (κ3) is 14.1. The minimum absolute atomic E-state index is 0. The Morgan fingerprint density at radius 1 is 1.00 bits per heavy atom. The second-order valence-corrected chi connectivity index (χ2v) is 3.98. The van der Waals surface area contributed by atoms with Crippen LogP contribution >= 0.6 is 0 Å². The number of H-pyrrole nitrogens is 1. The Morgan fingerprint density at radius 2 is 1.67 bits per heavy atom. The Labute approximate surface area is 192 Å². The van der Waals surface area contributed by atoms with Gasteiger partial charge in [-0.15, -0.1) is 6.07 Å². The van der Waals surface area contributed by atoms with E-state index in [0.717, 1.165) is 16.9 Å². The zero-order chi connectivity index (χ0) is 18.2. The quantitative estimate of drug-likeness (QED) is 0.439. The number of hydrogen-bond acceptors (Lipinski definition) is 4. The van der Waals surface area contributed by atoms with Crippen LogP contribution in [-0.2, 0) is 32.7 Å². The van der Waals surface area contributed by atoms with Gasteiger partial charge in [0.1, 0.15) is 11.6 Å². The van der Waals surface area contributed by atoms with E-state index in [1.54, 1.807) is 18.6 Å². The number of benzene rings is 1. The fraction of sp³-hybridized carbons (Fsp3) is 0.250. The predicted octanol–water partition coefficient (Wildman–Crippen LogP) is 4.90. The third-order valence-electron chi connectivity index (χ3n) is 2.50. The van der Waals surface area contributed by atoms with Gasteiger partial charge in [0.15, 0.2) is 0 Å². The molecule has 0 atom stereocenters. The molecule has 0 saturated heterocycles. The Hall–Kier alpha value is -1.65. The summed E-state index contributed by atoms with van der Waals surface area (Å²) in [7, 11) is 1.84. The number of anilines is 1. The first-order chi connectivity index (χ1) is 11.8. The van der Waals surface area contributed by atoms with Crippen molar-refractivity contribution >= 4 is 14.2 Å². The van der Waals surface area contributed by atoms with Crippen molar-refractivity contribution in [1.82, 2.24) is 20.2 Å². The molecule has 7 heteroatoms. The van der Waals surface area contributed by atoms with Crippen molar-refractivity contribution in [3.05, 3.63) is 74.9 Å². The van der Waals surface area contributed by atoms with Crippen LogP contribution in [0.1, 0.15) is 33.3 Å². The Kier molecular flexibility index (Phi) is 27.3. The van der Waals surface area contributed by atoms with E-state index in [9.17, 15) is 0 Å². The Bertz CT molecular complexity index is 631. The number of aromatic nitrogens is 4. The van der Waals surface area contributed by atoms with E-state index in [2.05, 4.69) is 32.4 Å². The van der Waals surface area contributed by atoms with E-state index in [1.165, 1.54) is 0 Å². The fourth-order valence-corrected chi connectivity index (χ4v) is 1.56. The second kappa shape index (κ2) is 22.4. The summed E-state index contributed by atoms with van der Waals surface area (Å²) < 4.78 is 0. The second-order valence-electron chi connectivity index (χ2n) is 3.98. The van der Waals surface area contributed by atoms with Gasteiger partial charge >= 0.3 is 0 Å². The van der Waals surface area contributed by atoms with Gasteiger partial charge in [-0.3, -0.25) is 5.10 Å². The van der Waals surface area contributed by atoms with Gasteiger partial charge in [0.2, 0.25) is 0 Å². The minimum Gasteiger partial charge on any atom is -0.373 e. The normalized spacial score (nSPS) is 7.44. The van der Waals surface area contributed by atoms with Crippen LogP contribution in [-0.4, -0.2) is 35.6 Å². The van der Waals surface area contributed by atoms with Crippen LogP contribution in [0, 0.1) is 14.4 Å². The van der Waals surface area contributed by atoms with Gasteiger partial charge in [-0.25, -0.2) is 9.97 Å². The van der Waals surface area contributed by atoms with Gasteiger partial charge in [-0.1, -0.05) is 33.8 Å². The van der Waals surface area contributed by atoms with Crippen LogP contribution in [0.3, 0.4) is 0 Å². The summed E-state index contributed by atoms with van der Waals surface area (Å²) in [4.78, 5) is 8.57. The smallest absolute Gasteiger partial charge is 0.149 e. The molecule has 0 aliphatic heterocycles. The summed E-state index contributed by atoms with van der Waals surface area (Å²) in [5.74, 6) is 1.53. The van der Waals surface area contributed by atoms with E-state index in [4.69, 9.17) is 0 Å². The molecule has 0 saturated carbocycles. The van der Waals surface area contributed by atoms with E-state index < -0.39 is 0 Å². The molecule has 3 rings (SSSR count). The molecular formula is C20H31BN5Y-2. The first-order valence-corrected chi connectivity index (χ1v) is 8.16. The fourth-order valence-electron chi connectivity index (χ4n) is 1.56. The molecular weight excluding hydrogens is 410 g/mol. The van der Waals surface area contributed by atoms with Crippen molar-refractivity contribution in [2.24, 2.45) is 0 Å². The minimum atomic E-state index is 0. The summed E-state index contributed by atoms with van der Waals surface area (Å²) >= 11 is 0. The van der Waals surface area contributed by atoms with Crippen molar-refractivity contribution in [2.45, 2.75) is 27.7 Å². The summed E-state index contributed by atoms with van der Waals surface area (Å²) in [5, 5.41) is 9.19. The maximum atomic E-state index is 4.35. The van der Waals surface area contributed by atoms with Gasteiger partial charge in [0.25, 0.3) is 0 Å². The zero-order valence-electron chi connectivity index (χ0n) is 17.4. The average molecular weight is 441 g/mol. The van der Waals surface area contributed by atoms with E-state index >= 15 is 0 Å². The van der Waals surface area contributed by atoms with E-state index in [-0.39, 0.29) is 48.5 Å². The van der Waals surface area contributed by atoms with Gasteiger partial charge in [0.05, 0.1) is 0 Å². The Balaban J connectivity index is -0.000000189. The number of hydrogen-bond donors (Lipinski definition) is 2. The number of aromatic amines is 1. The Morgan fingerprint density at radius 3 is 2.11 bits per heavy atom. The van der Waals surface area contributed by atoms with Crippen molar-refractivity contribution in [2.75, 3.05) is 12.4 Å². The predicted molar refractivity (Wildman–Crippen MR) is 115 cm³/mol. The van der Waals surface area contributed by atoms with Gasteiger partial charge < -0.3 is 12.7 Å². The number of nitrogens with zero attached hydrogens (tertiary/aromatic N) is 3. The first kappa shape index (κ1) is 33.0. The summed E-state index contributed by atoms with van der Waals surface area (Å²) in [6, 6.07) is 11.5. The molecule has 144 valence electrons. The topological polar surface area (TPSA) is 66.5 Å². The van der Waals surface area contributed by atoms with E-state index in [1.807, 2.05) is 71.1 Å². The molecule has 2 aromatic heterocycles. The molecule has 0 aliphatic carbocycles. The molecule has 27 heavy (non-hydrogen) atoms. The summed E-state index contributed by atoms with van der Waals surface area (Å²) in [5.41, 5.74) is 1.95. The van der Waals surface area contributed by atoms with Crippen LogP contribution in [0.25, 0.3) is 11.4 Å². The van der Waals surface area contributed by atoms with E-state index in [0.29, 0.717) is 5.82 Å². The van der Waals surface area contributed by atoms with Gasteiger partial charge in [-0.05, 0) is 17.7 Å². The molecule has 2 N–H and O–H groups in total. The number of rotatable bonds is 2. The van der Waals surface area contributed by atoms with Crippen molar-refractivity contribution in [3.63, 3.8) is 0 Å². The van der Waals surface area contributed by atoms with Crippen molar-refractivity contribution in [1.29, 1.82) is 0 Å². The standard InChI is InChI=1S/C12H12N3.C3H4N2.2C2H6.CH3.B.Y/c1-9-4-3-5-10(8-9)12-14-7-6-11(13-2)15-12;1-2-4-5-3-1;2*1-2;;;/h3-8H,1H2,2H3,(H,13,14,15);1-3H,(H,4,5);2*1-2H3;1H3;;/q-1;;;;-1;;. The van der Waals surface area contributed by atoms with Gasteiger partial charge in [-0.2, -0.15) is 29.7 Å². The molecule has 0 bridgehead atoms. The molecule has 2 heterocycles. The zero-order valence-corrected chi connectivity index (χ0v) is 20.2. The summed E-state index contributed by atoms with van der Waals surface area (Å²) in [6.07, 6.45) is 5.20. The van der Waals surface area contributed by atoms with Crippen LogP contribution < -0.4 is 5.32 Å². The van der Waals surface area contributed by atoms with Crippen LogP contribution in [0.4, 0.5) is 5.82 Å². The molecule has 0 unspecified atom stereocenters. The molecule has 0 fully saturated rings. The molecule has 4 radical (unpaired) electrons. The molecule has 1 aromatic carbocycles. The molecule has 5 nitrogen and oxygen atoms in total. The first-order valence-electron chi connectivity index (χ1n) is 8.16. The van der Waals surface area contributed by atoms with Crippen LogP contribution in [0.15, 0.2) is 55.0 Å². The monoisotopic (exact) mass is 441 g/mol. The van der Waals surface area contributed by atoms with Crippen LogP contribution in [0.2, 0.25) is 0 Å². The van der Waals surface area contributed by atoms with Crippen molar-refractivity contribution < 1.29 is 32.7 Å². The molecule has 0 aliphatic rings. The maximum absolute atomic E-state index is 4.35. The largest absolute Gasteiger partial charge is 0.373 e. The third-order valence-corrected chi connectivity index (χ3v) is 2.50. The van der Waals surface area contributed by atoms with Gasteiger partial charge in [0, 0.05) is 66.8 Å².